The van der Waals surface area contributed by atoms with E-state index in [4.69, 9.17) is 15.6 Å². The summed E-state index contributed by atoms with van der Waals surface area (Å²) >= 11 is 0. The SMILES string of the molecule is C=CCCOCCNS(=O)(=O)c1ccc(C(=O)O)cc1N. The molecule has 0 fully saturated rings. The average Bonchev–Trinajstić information content (AvgIpc) is 2.42. The van der Waals surface area contributed by atoms with E-state index in [9.17, 15) is 13.2 Å². The zero-order valence-corrected chi connectivity index (χ0v) is 12.2. The number of hydrogen-bond acceptors (Lipinski definition) is 5. The summed E-state index contributed by atoms with van der Waals surface area (Å²) in [6, 6.07) is 3.46. The Hall–Kier alpha value is -1.90. The van der Waals surface area contributed by atoms with Gasteiger partial charge in [-0.2, -0.15) is 0 Å². The lowest BCUT2D eigenvalue weighted by Crippen LogP contribution is -2.28. The molecule has 8 heteroatoms. The number of carbonyl (C=O) groups is 1. The maximum absolute atomic E-state index is 12.0. The summed E-state index contributed by atoms with van der Waals surface area (Å²) in [4.78, 5) is 10.6. The molecule has 0 aliphatic carbocycles. The highest BCUT2D eigenvalue weighted by atomic mass is 32.2. The maximum atomic E-state index is 12.0. The van der Waals surface area contributed by atoms with Crippen LogP contribution in [-0.4, -0.2) is 39.3 Å². The minimum Gasteiger partial charge on any atom is -0.478 e. The first-order chi connectivity index (χ1) is 9.88. The van der Waals surface area contributed by atoms with Crippen molar-refractivity contribution < 1.29 is 23.1 Å². The molecule has 0 saturated heterocycles. The summed E-state index contributed by atoms with van der Waals surface area (Å²) in [6.45, 7) is 4.33. The summed E-state index contributed by atoms with van der Waals surface area (Å²) in [7, 11) is -3.79. The fourth-order valence-electron chi connectivity index (χ4n) is 1.52. The number of rotatable bonds is 9. The van der Waals surface area contributed by atoms with Gasteiger partial charge in [-0.15, -0.1) is 6.58 Å². The first-order valence-electron chi connectivity index (χ1n) is 6.19. The molecule has 4 N–H and O–H groups in total. The van der Waals surface area contributed by atoms with Crippen molar-refractivity contribution in [3.63, 3.8) is 0 Å². The number of ether oxygens (including phenoxy) is 1. The molecule has 0 bridgehead atoms. The zero-order valence-electron chi connectivity index (χ0n) is 11.4. The van der Waals surface area contributed by atoms with Crippen LogP contribution in [0.2, 0.25) is 0 Å². The summed E-state index contributed by atoms with van der Waals surface area (Å²) in [5.74, 6) is -1.17. The Labute approximate surface area is 123 Å². The molecule has 0 radical (unpaired) electrons. The quantitative estimate of drug-likeness (QED) is 0.353. The maximum Gasteiger partial charge on any atom is 0.335 e. The molecule has 1 aromatic carbocycles. The van der Waals surface area contributed by atoms with Crippen LogP contribution in [-0.2, 0) is 14.8 Å². The van der Waals surface area contributed by atoms with Crippen molar-refractivity contribution in [3.05, 3.63) is 36.4 Å². The second-order valence-corrected chi connectivity index (χ2v) is 5.88. The molecule has 0 saturated carbocycles. The van der Waals surface area contributed by atoms with Crippen LogP contribution in [0.1, 0.15) is 16.8 Å². The van der Waals surface area contributed by atoms with Gasteiger partial charge in [0.15, 0.2) is 0 Å². The molecule has 0 heterocycles. The molecule has 0 aliphatic heterocycles. The van der Waals surface area contributed by atoms with Crippen molar-refractivity contribution in [3.8, 4) is 0 Å². The molecule has 0 aliphatic rings. The first-order valence-corrected chi connectivity index (χ1v) is 7.68. The summed E-state index contributed by atoms with van der Waals surface area (Å²) in [5, 5.41) is 8.80. The molecular weight excluding hydrogens is 296 g/mol. The van der Waals surface area contributed by atoms with E-state index in [0.717, 1.165) is 6.07 Å². The Morgan fingerprint density at radius 1 is 1.43 bits per heavy atom. The van der Waals surface area contributed by atoms with Gasteiger partial charge < -0.3 is 15.6 Å². The van der Waals surface area contributed by atoms with E-state index in [1.165, 1.54) is 12.1 Å². The Kier molecular flexibility index (Phi) is 6.35. The third-order valence-corrected chi connectivity index (χ3v) is 4.09. The summed E-state index contributed by atoms with van der Waals surface area (Å²) < 4.78 is 31.5. The smallest absolute Gasteiger partial charge is 0.335 e. The number of carboxylic acid groups (broad SMARTS) is 1. The Bertz CT molecular complexity index is 613. The number of sulfonamides is 1. The van der Waals surface area contributed by atoms with Gasteiger partial charge in [0, 0.05) is 6.54 Å². The molecule has 1 rings (SSSR count). The van der Waals surface area contributed by atoms with Crippen molar-refractivity contribution in [1.29, 1.82) is 0 Å². The third kappa shape index (κ3) is 5.18. The van der Waals surface area contributed by atoms with Crippen LogP contribution in [0.4, 0.5) is 5.69 Å². The normalized spacial score (nSPS) is 11.2. The number of nitrogen functional groups attached to an aromatic ring is 1. The van der Waals surface area contributed by atoms with Crippen LogP contribution in [0.25, 0.3) is 0 Å². The predicted octanol–water partition coefficient (Wildman–Crippen LogP) is 0.838. The van der Waals surface area contributed by atoms with Gasteiger partial charge in [-0.25, -0.2) is 17.9 Å². The minimum absolute atomic E-state index is 0.0702. The molecule has 7 nitrogen and oxygen atoms in total. The van der Waals surface area contributed by atoms with Crippen molar-refractivity contribution >= 4 is 21.7 Å². The highest BCUT2D eigenvalue weighted by molar-refractivity contribution is 7.89. The lowest BCUT2D eigenvalue weighted by molar-refractivity contribution is 0.0697. The van der Waals surface area contributed by atoms with E-state index in [1.807, 2.05) is 0 Å². The zero-order chi connectivity index (χ0) is 15.9. The molecule has 0 atom stereocenters. The van der Waals surface area contributed by atoms with Crippen molar-refractivity contribution in [2.45, 2.75) is 11.3 Å². The number of anilines is 1. The Balaban J connectivity index is 2.66. The van der Waals surface area contributed by atoms with Gasteiger partial charge in [-0.05, 0) is 24.6 Å². The molecule has 21 heavy (non-hydrogen) atoms. The van der Waals surface area contributed by atoms with E-state index in [1.54, 1.807) is 6.08 Å². The van der Waals surface area contributed by atoms with Crippen LogP contribution in [0.15, 0.2) is 35.7 Å². The Morgan fingerprint density at radius 3 is 2.71 bits per heavy atom. The second kappa shape index (κ2) is 7.77. The van der Waals surface area contributed by atoms with E-state index >= 15 is 0 Å². The van der Waals surface area contributed by atoms with E-state index in [-0.39, 0.29) is 29.3 Å². The predicted molar refractivity (Wildman–Crippen MR) is 78.6 cm³/mol. The van der Waals surface area contributed by atoms with Crippen LogP contribution in [0.5, 0.6) is 0 Å². The third-order valence-electron chi connectivity index (χ3n) is 2.55. The number of benzene rings is 1. The highest BCUT2D eigenvalue weighted by Gasteiger charge is 2.18. The lowest BCUT2D eigenvalue weighted by Gasteiger charge is -2.10. The summed E-state index contributed by atoms with van der Waals surface area (Å²) in [6.07, 6.45) is 2.39. The van der Waals surface area contributed by atoms with E-state index in [2.05, 4.69) is 11.3 Å². The molecular formula is C13H18N2O5S. The average molecular weight is 314 g/mol. The van der Waals surface area contributed by atoms with Gasteiger partial charge in [0.25, 0.3) is 0 Å². The van der Waals surface area contributed by atoms with Gasteiger partial charge in [-0.1, -0.05) is 6.08 Å². The highest BCUT2D eigenvalue weighted by Crippen LogP contribution is 2.19. The van der Waals surface area contributed by atoms with Gasteiger partial charge >= 0.3 is 5.97 Å². The van der Waals surface area contributed by atoms with Gasteiger partial charge in [0.2, 0.25) is 10.0 Å². The standard InChI is InChI=1S/C13H18N2O5S/c1-2-3-7-20-8-6-15-21(18,19)12-5-4-10(13(16)17)9-11(12)14/h2,4-5,9,15H,1,3,6-8,14H2,(H,16,17). The fraction of sp³-hybridized carbons (Fsp3) is 0.308. The molecule has 0 aromatic heterocycles. The van der Waals surface area contributed by atoms with E-state index in [0.29, 0.717) is 13.0 Å². The van der Waals surface area contributed by atoms with Crippen molar-refractivity contribution in [2.24, 2.45) is 0 Å². The summed E-state index contributed by atoms with van der Waals surface area (Å²) in [5.41, 5.74) is 5.40. The monoisotopic (exact) mass is 314 g/mol. The van der Waals surface area contributed by atoms with Crippen LogP contribution >= 0.6 is 0 Å². The molecule has 0 unspecified atom stereocenters. The number of nitrogens with two attached hydrogens (primary N) is 1. The topological polar surface area (TPSA) is 119 Å². The Morgan fingerprint density at radius 2 is 2.14 bits per heavy atom. The van der Waals surface area contributed by atoms with Crippen LogP contribution in [0, 0.1) is 0 Å². The van der Waals surface area contributed by atoms with Crippen LogP contribution in [0.3, 0.4) is 0 Å². The number of hydrogen-bond donors (Lipinski definition) is 3. The van der Waals surface area contributed by atoms with Crippen molar-refractivity contribution in [2.75, 3.05) is 25.5 Å². The molecule has 1 aromatic rings. The largest absolute Gasteiger partial charge is 0.478 e. The molecule has 0 amide bonds. The fourth-order valence-corrected chi connectivity index (χ4v) is 2.64. The van der Waals surface area contributed by atoms with Gasteiger partial charge in [-0.3, -0.25) is 0 Å². The van der Waals surface area contributed by atoms with Crippen molar-refractivity contribution in [1.82, 2.24) is 4.72 Å². The van der Waals surface area contributed by atoms with Crippen LogP contribution < -0.4 is 10.5 Å². The number of carboxylic acids is 1. The van der Waals surface area contributed by atoms with Gasteiger partial charge in [0.1, 0.15) is 4.90 Å². The second-order valence-electron chi connectivity index (χ2n) is 4.15. The van der Waals surface area contributed by atoms with Gasteiger partial charge in [0.05, 0.1) is 24.5 Å². The van der Waals surface area contributed by atoms with E-state index < -0.39 is 16.0 Å². The number of aromatic carboxylic acids is 1. The minimum atomic E-state index is -3.79. The molecule has 116 valence electrons. The first kappa shape index (κ1) is 17.2. The molecule has 0 spiro atoms. The number of nitrogens with one attached hydrogen (secondary N) is 1. The lowest BCUT2D eigenvalue weighted by atomic mass is 10.2.